The Labute approximate surface area is 51.8 Å². The summed E-state index contributed by atoms with van der Waals surface area (Å²) in [6, 6.07) is 0. The van der Waals surface area contributed by atoms with Crippen LogP contribution >= 0.6 is 0 Å². The summed E-state index contributed by atoms with van der Waals surface area (Å²) in [6.07, 6.45) is -1.72. The Bertz CT molecular complexity index is 78.8. The van der Waals surface area contributed by atoms with Crippen molar-refractivity contribution in [3.05, 3.63) is 6.36 Å². The van der Waals surface area contributed by atoms with E-state index in [0.717, 1.165) is 0 Å². The van der Waals surface area contributed by atoms with E-state index in [9.17, 15) is 13.2 Å². The SMILES string of the molecule is CCO[C](F)C(C)(F)F. The van der Waals surface area contributed by atoms with Gasteiger partial charge in [-0.05, 0) is 6.92 Å². The first kappa shape index (κ1) is 8.75. The lowest BCUT2D eigenvalue weighted by Gasteiger charge is -2.12. The number of rotatable bonds is 3. The van der Waals surface area contributed by atoms with E-state index in [2.05, 4.69) is 4.74 Å². The predicted octanol–water partition coefficient (Wildman–Crippen LogP) is 2.14. The van der Waals surface area contributed by atoms with E-state index < -0.39 is 12.3 Å². The first-order valence-corrected chi connectivity index (χ1v) is 2.52. The van der Waals surface area contributed by atoms with Gasteiger partial charge < -0.3 is 4.74 Å². The molecule has 0 aromatic heterocycles. The van der Waals surface area contributed by atoms with Gasteiger partial charge in [-0.2, -0.15) is 4.39 Å². The molecule has 0 aliphatic rings. The Kier molecular flexibility index (Phi) is 2.97. The van der Waals surface area contributed by atoms with Crippen molar-refractivity contribution in [2.24, 2.45) is 0 Å². The van der Waals surface area contributed by atoms with Crippen molar-refractivity contribution in [3.63, 3.8) is 0 Å². The van der Waals surface area contributed by atoms with Gasteiger partial charge in [-0.1, -0.05) is 0 Å². The minimum Gasteiger partial charge on any atom is -0.337 e. The predicted molar refractivity (Wildman–Crippen MR) is 26.6 cm³/mol. The Balaban J connectivity index is 3.59. The van der Waals surface area contributed by atoms with Gasteiger partial charge in [0, 0.05) is 13.5 Å². The molecule has 0 fully saturated rings. The summed E-state index contributed by atoms with van der Waals surface area (Å²) in [7, 11) is 0. The maximum absolute atomic E-state index is 11.9. The first-order valence-electron chi connectivity index (χ1n) is 2.52. The third-order valence-electron chi connectivity index (χ3n) is 0.616. The van der Waals surface area contributed by atoms with Gasteiger partial charge in [0.1, 0.15) is 0 Å². The van der Waals surface area contributed by atoms with Crippen LogP contribution in [0.25, 0.3) is 0 Å². The summed E-state index contributed by atoms with van der Waals surface area (Å²) >= 11 is 0. The fourth-order valence-corrected chi connectivity index (χ4v) is 0.253. The third-order valence-corrected chi connectivity index (χ3v) is 0.616. The number of hydrogen-bond donors (Lipinski definition) is 0. The molecule has 0 aliphatic heterocycles. The van der Waals surface area contributed by atoms with E-state index >= 15 is 0 Å². The highest BCUT2D eigenvalue weighted by Gasteiger charge is 2.37. The first-order chi connectivity index (χ1) is 3.98. The highest BCUT2D eigenvalue weighted by molar-refractivity contribution is 4.78. The summed E-state index contributed by atoms with van der Waals surface area (Å²) < 4.78 is 39.3. The molecule has 0 amide bonds. The molecule has 0 rings (SSSR count). The smallest absolute Gasteiger partial charge is 0.337 e. The number of halogens is 3. The molecule has 0 saturated heterocycles. The van der Waals surface area contributed by atoms with Crippen molar-refractivity contribution in [1.82, 2.24) is 0 Å². The van der Waals surface area contributed by atoms with Crippen LogP contribution in [0.4, 0.5) is 13.2 Å². The summed E-state index contributed by atoms with van der Waals surface area (Å²) in [5.74, 6) is -3.46. The molecule has 0 heterocycles. The highest BCUT2D eigenvalue weighted by atomic mass is 19.3. The zero-order chi connectivity index (χ0) is 7.49. The molecule has 0 saturated carbocycles. The topological polar surface area (TPSA) is 9.23 Å². The van der Waals surface area contributed by atoms with Crippen molar-refractivity contribution >= 4 is 0 Å². The maximum Gasteiger partial charge on any atom is 0.338 e. The number of alkyl halides is 2. The maximum atomic E-state index is 11.9. The molecular formula is C5H8F3O. The van der Waals surface area contributed by atoms with Crippen LogP contribution in [0.3, 0.4) is 0 Å². The summed E-state index contributed by atoms with van der Waals surface area (Å²) in [5.41, 5.74) is 0. The molecule has 1 nitrogen and oxygen atoms in total. The fourth-order valence-electron chi connectivity index (χ4n) is 0.253. The Morgan fingerprint density at radius 1 is 1.56 bits per heavy atom. The third kappa shape index (κ3) is 3.35. The van der Waals surface area contributed by atoms with Crippen molar-refractivity contribution in [1.29, 1.82) is 0 Å². The van der Waals surface area contributed by atoms with E-state index in [-0.39, 0.29) is 6.61 Å². The van der Waals surface area contributed by atoms with Crippen molar-refractivity contribution in [2.45, 2.75) is 19.8 Å². The Hall–Kier alpha value is -0.250. The van der Waals surface area contributed by atoms with Crippen molar-refractivity contribution in [3.8, 4) is 0 Å². The van der Waals surface area contributed by atoms with E-state index in [0.29, 0.717) is 6.92 Å². The van der Waals surface area contributed by atoms with Crippen LogP contribution in [-0.4, -0.2) is 12.5 Å². The highest BCUT2D eigenvalue weighted by Crippen LogP contribution is 2.27. The van der Waals surface area contributed by atoms with E-state index in [1.165, 1.54) is 6.92 Å². The second-order valence-electron chi connectivity index (χ2n) is 1.60. The van der Waals surface area contributed by atoms with Gasteiger partial charge in [0.25, 0.3) is 0 Å². The Morgan fingerprint density at radius 2 is 2.00 bits per heavy atom. The standard InChI is InChI=1S/C5H8F3O/c1-3-9-4(6)5(2,7)8/h3H2,1-2H3. The molecule has 0 N–H and O–H groups in total. The molecule has 55 valence electrons. The van der Waals surface area contributed by atoms with Crippen LogP contribution in [-0.2, 0) is 4.74 Å². The second kappa shape index (κ2) is 3.06. The lowest BCUT2D eigenvalue weighted by atomic mass is 10.4. The van der Waals surface area contributed by atoms with Gasteiger partial charge in [-0.3, -0.25) is 0 Å². The molecule has 0 aromatic rings. The molecule has 0 aromatic carbocycles. The van der Waals surface area contributed by atoms with Gasteiger partial charge in [0.15, 0.2) is 0 Å². The van der Waals surface area contributed by atoms with Crippen LogP contribution in [0, 0.1) is 6.36 Å². The van der Waals surface area contributed by atoms with Gasteiger partial charge >= 0.3 is 12.3 Å². The summed E-state index contributed by atoms with van der Waals surface area (Å²) in [6.45, 7) is 1.80. The molecule has 0 unspecified atom stereocenters. The molecule has 1 radical (unpaired) electrons. The number of hydrogen-bond acceptors (Lipinski definition) is 1. The second-order valence-corrected chi connectivity index (χ2v) is 1.60. The van der Waals surface area contributed by atoms with Crippen LogP contribution in [0.1, 0.15) is 13.8 Å². The quantitative estimate of drug-likeness (QED) is 0.585. The van der Waals surface area contributed by atoms with Crippen molar-refractivity contribution < 1.29 is 17.9 Å². The van der Waals surface area contributed by atoms with Gasteiger partial charge in [0.05, 0.1) is 0 Å². The number of ether oxygens (including phenoxy) is 1. The zero-order valence-corrected chi connectivity index (χ0v) is 5.25. The lowest BCUT2D eigenvalue weighted by Crippen LogP contribution is -2.20. The van der Waals surface area contributed by atoms with Gasteiger partial charge in [0.2, 0.25) is 0 Å². The average molecular weight is 141 g/mol. The van der Waals surface area contributed by atoms with E-state index in [1.54, 1.807) is 0 Å². The normalized spacial score (nSPS) is 12.7. The molecule has 0 atom stereocenters. The average Bonchev–Trinajstić information content (AvgIpc) is 1.64. The summed E-state index contributed by atoms with van der Waals surface area (Å²) in [5, 5.41) is 0. The summed E-state index contributed by atoms with van der Waals surface area (Å²) in [4.78, 5) is 0. The minimum absolute atomic E-state index is 0.0741. The van der Waals surface area contributed by atoms with E-state index in [1.807, 2.05) is 0 Å². The van der Waals surface area contributed by atoms with E-state index in [4.69, 9.17) is 0 Å². The molecular weight excluding hydrogens is 133 g/mol. The lowest BCUT2D eigenvalue weighted by molar-refractivity contribution is -0.103. The minimum atomic E-state index is -3.46. The molecule has 0 bridgehead atoms. The molecule has 4 heteroatoms. The van der Waals surface area contributed by atoms with Gasteiger partial charge in [-0.15, -0.1) is 0 Å². The van der Waals surface area contributed by atoms with Crippen LogP contribution in [0.2, 0.25) is 0 Å². The molecule has 0 spiro atoms. The monoisotopic (exact) mass is 141 g/mol. The Morgan fingerprint density at radius 3 is 2.11 bits per heavy atom. The largest absolute Gasteiger partial charge is 0.338 e. The molecule has 9 heavy (non-hydrogen) atoms. The zero-order valence-electron chi connectivity index (χ0n) is 5.25. The van der Waals surface area contributed by atoms with Crippen LogP contribution in [0.5, 0.6) is 0 Å². The van der Waals surface area contributed by atoms with Crippen LogP contribution < -0.4 is 0 Å². The van der Waals surface area contributed by atoms with Crippen LogP contribution in [0.15, 0.2) is 0 Å². The van der Waals surface area contributed by atoms with Crippen molar-refractivity contribution in [2.75, 3.05) is 6.61 Å². The van der Waals surface area contributed by atoms with Gasteiger partial charge in [-0.25, -0.2) is 8.78 Å². The fraction of sp³-hybridized carbons (Fsp3) is 0.800. The molecule has 0 aliphatic carbocycles.